The van der Waals surface area contributed by atoms with Crippen molar-refractivity contribution in [3.8, 4) is 0 Å². The second kappa shape index (κ2) is 4.45. The number of amides is 1. The molecule has 3 nitrogen and oxygen atoms in total. The van der Waals surface area contributed by atoms with Gasteiger partial charge < -0.3 is 11.1 Å². The van der Waals surface area contributed by atoms with Gasteiger partial charge in [0, 0.05) is 18.5 Å². The van der Waals surface area contributed by atoms with Gasteiger partial charge in [-0.2, -0.15) is 0 Å². The maximum absolute atomic E-state index is 11.1. The van der Waals surface area contributed by atoms with E-state index in [0.717, 1.165) is 12.8 Å². The minimum Gasteiger partial charge on any atom is -0.352 e. The molecule has 2 atom stereocenters. The minimum atomic E-state index is 0.123. The quantitative estimate of drug-likeness (QED) is 0.643. The van der Waals surface area contributed by atoms with Gasteiger partial charge in [0.05, 0.1) is 0 Å². The second-order valence-corrected chi connectivity index (χ2v) is 3.48. The molecule has 1 amide bonds. The number of rotatable bonds is 2. The highest BCUT2D eigenvalue weighted by molar-refractivity contribution is 5.75. The van der Waals surface area contributed by atoms with E-state index >= 15 is 0 Å². The fraction of sp³-hybridized carbons (Fsp3) is 0.889. The first-order valence-corrected chi connectivity index (χ1v) is 4.79. The molecule has 1 fully saturated rings. The molecule has 0 aliphatic heterocycles. The van der Waals surface area contributed by atoms with Crippen LogP contribution in [-0.2, 0) is 4.79 Å². The third-order valence-corrected chi connectivity index (χ3v) is 2.49. The summed E-state index contributed by atoms with van der Waals surface area (Å²) >= 11 is 0. The lowest BCUT2D eigenvalue weighted by molar-refractivity contribution is -0.121. The molecule has 0 aromatic carbocycles. The summed E-state index contributed by atoms with van der Waals surface area (Å²) in [5.74, 6) is 0.123. The molecule has 0 bridgehead atoms. The van der Waals surface area contributed by atoms with Crippen molar-refractivity contribution in [3.63, 3.8) is 0 Å². The van der Waals surface area contributed by atoms with Crippen molar-refractivity contribution >= 4 is 5.91 Å². The van der Waals surface area contributed by atoms with Crippen LogP contribution in [0.5, 0.6) is 0 Å². The van der Waals surface area contributed by atoms with Gasteiger partial charge in [-0.1, -0.05) is 19.8 Å². The van der Waals surface area contributed by atoms with Gasteiger partial charge in [0.25, 0.3) is 0 Å². The first-order chi connectivity index (χ1) is 5.74. The zero-order chi connectivity index (χ0) is 8.97. The molecule has 1 aliphatic rings. The molecular weight excluding hydrogens is 152 g/mol. The summed E-state index contributed by atoms with van der Waals surface area (Å²) in [5.41, 5.74) is 5.87. The van der Waals surface area contributed by atoms with Crippen LogP contribution >= 0.6 is 0 Å². The van der Waals surface area contributed by atoms with Gasteiger partial charge in [-0.15, -0.1) is 0 Å². The summed E-state index contributed by atoms with van der Waals surface area (Å²) in [7, 11) is 0. The third kappa shape index (κ3) is 2.48. The lowest BCUT2D eigenvalue weighted by atomic mass is 9.91. The molecule has 1 aliphatic carbocycles. The standard InChI is InChI=1S/C9H18N2O/c1-2-9(12)11-8-6-4-3-5-7(8)10/h7-8H,2-6,10H2,1H3,(H,11,12). The number of nitrogens with two attached hydrogens (primary N) is 1. The number of carbonyl (C=O) groups is 1. The van der Waals surface area contributed by atoms with Crippen LogP contribution in [0.2, 0.25) is 0 Å². The van der Waals surface area contributed by atoms with E-state index in [4.69, 9.17) is 5.73 Å². The molecule has 0 saturated heterocycles. The predicted octanol–water partition coefficient (Wildman–Crippen LogP) is 0.782. The first kappa shape index (κ1) is 9.52. The summed E-state index contributed by atoms with van der Waals surface area (Å²) in [5, 5.41) is 2.95. The number of hydrogen-bond donors (Lipinski definition) is 2. The van der Waals surface area contributed by atoms with E-state index in [1.165, 1.54) is 12.8 Å². The third-order valence-electron chi connectivity index (χ3n) is 2.49. The highest BCUT2D eigenvalue weighted by Gasteiger charge is 2.22. The van der Waals surface area contributed by atoms with Gasteiger partial charge >= 0.3 is 0 Å². The lowest BCUT2D eigenvalue weighted by Crippen LogP contribution is -2.49. The van der Waals surface area contributed by atoms with E-state index in [0.29, 0.717) is 6.42 Å². The summed E-state index contributed by atoms with van der Waals surface area (Å²) in [6, 6.07) is 0.403. The molecule has 0 aromatic rings. The number of hydrogen-bond acceptors (Lipinski definition) is 2. The van der Waals surface area contributed by atoms with Gasteiger partial charge in [0.1, 0.15) is 0 Å². The van der Waals surface area contributed by atoms with E-state index in [2.05, 4.69) is 5.32 Å². The SMILES string of the molecule is CCC(=O)NC1CCCCC1N. The number of nitrogens with one attached hydrogen (secondary N) is 1. The van der Waals surface area contributed by atoms with Crippen LogP contribution in [0.1, 0.15) is 39.0 Å². The smallest absolute Gasteiger partial charge is 0.219 e. The van der Waals surface area contributed by atoms with Crippen LogP contribution in [-0.4, -0.2) is 18.0 Å². The Bertz CT molecular complexity index is 159. The summed E-state index contributed by atoms with van der Waals surface area (Å²) in [6.07, 6.45) is 5.06. The van der Waals surface area contributed by atoms with E-state index in [1.54, 1.807) is 0 Å². The molecule has 2 unspecified atom stereocenters. The Morgan fingerprint density at radius 3 is 2.75 bits per heavy atom. The lowest BCUT2D eigenvalue weighted by Gasteiger charge is -2.29. The zero-order valence-electron chi connectivity index (χ0n) is 7.68. The van der Waals surface area contributed by atoms with Gasteiger partial charge in [-0.05, 0) is 12.8 Å². The Labute approximate surface area is 73.7 Å². The van der Waals surface area contributed by atoms with Gasteiger partial charge in [0.2, 0.25) is 5.91 Å². The molecule has 3 heteroatoms. The van der Waals surface area contributed by atoms with Crippen molar-refractivity contribution in [3.05, 3.63) is 0 Å². The highest BCUT2D eigenvalue weighted by Crippen LogP contribution is 2.16. The normalized spacial score (nSPS) is 29.8. The van der Waals surface area contributed by atoms with Crippen molar-refractivity contribution in [2.24, 2.45) is 5.73 Å². The van der Waals surface area contributed by atoms with Crippen molar-refractivity contribution in [2.75, 3.05) is 0 Å². The summed E-state index contributed by atoms with van der Waals surface area (Å²) in [6.45, 7) is 1.86. The Hall–Kier alpha value is -0.570. The van der Waals surface area contributed by atoms with Crippen LogP contribution in [0.3, 0.4) is 0 Å². The molecule has 12 heavy (non-hydrogen) atoms. The van der Waals surface area contributed by atoms with Crippen molar-refractivity contribution in [1.29, 1.82) is 0 Å². The maximum atomic E-state index is 11.1. The number of carbonyl (C=O) groups excluding carboxylic acids is 1. The van der Waals surface area contributed by atoms with Crippen molar-refractivity contribution in [1.82, 2.24) is 5.32 Å². The molecule has 3 N–H and O–H groups in total. The Balaban J connectivity index is 2.33. The first-order valence-electron chi connectivity index (χ1n) is 4.79. The van der Waals surface area contributed by atoms with Crippen LogP contribution in [0.4, 0.5) is 0 Å². The topological polar surface area (TPSA) is 55.1 Å². The van der Waals surface area contributed by atoms with Crippen LogP contribution in [0.15, 0.2) is 0 Å². The van der Waals surface area contributed by atoms with E-state index in [1.807, 2.05) is 6.92 Å². The fourth-order valence-corrected chi connectivity index (χ4v) is 1.65. The monoisotopic (exact) mass is 170 g/mol. The van der Waals surface area contributed by atoms with Gasteiger partial charge in [-0.3, -0.25) is 4.79 Å². The summed E-state index contributed by atoms with van der Waals surface area (Å²) < 4.78 is 0. The molecule has 0 heterocycles. The van der Waals surface area contributed by atoms with E-state index in [9.17, 15) is 4.79 Å². The zero-order valence-corrected chi connectivity index (χ0v) is 7.68. The van der Waals surface area contributed by atoms with Crippen LogP contribution in [0.25, 0.3) is 0 Å². The van der Waals surface area contributed by atoms with Crippen LogP contribution in [0, 0.1) is 0 Å². The maximum Gasteiger partial charge on any atom is 0.219 e. The van der Waals surface area contributed by atoms with Crippen molar-refractivity contribution < 1.29 is 4.79 Å². The molecule has 0 spiro atoms. The Morgan fingerprint density at radius 2 is 2.17 bits per heavy atom. The fourth-order valence-electron chi connectivity index (χ4n) is 1.65. The molecule has 1 saturated carbocycles. The average Bonchev–Trinajstić information content (AvgIpc) is 2.09. The molecular formula is C9H18N2O. The Morgan fingerprint density at radius 1 is 1.50 bits per heavy atom. The van der Waals surface area contributed by atoms with E-state index < -0.39 is 0 Å². The second-order valence-electron chi connectivity index (χ2n) is 3.48. The Kier molecular flexibility index (Phi) is 3.53. The molecule has 0 aromatic heterocycles. The highest BCUT2D eigenvalue weighted by atomic mass is 16.1. The van der Waals surface area contributed by atoms with Crippen LogP contribution < -0.4 is 11.1 Å². The molecule has 70 valence electrons. The summed E-state index contributed by atoms with van der Waals surface area (Å²) in [4.78, 5) is 11.1. The minimum absolute atomic E-state index is 0.123. The van der Waals surface area contributed by atoms with E-state index in [-0.39, 0.29) is 18.0 Å². The largest absolute Gasteiger partial charge is 0.352 e. The molecule has 1 rings (SSSR count). The van der Waals surface area contributed by atoms with Crippen molar-refractivity contribution in [2.45, 2.75) is 51.1 Å². The molecule has 0 radical (unpaired) electrons. The predicted molar refractivity (Wildman–Crippen MR) is 48.7 cm³/mol. The van der Waals surface area contributed by atoms with Gasteiger partial charge in [-0.25, -0.2) is 0 Å². The average molecular weight is 170 g/mol. The van der Waals surface area contributed by atoms with Gasteiger partial charge in [0.15, 0.2) is 0 Å².